The number of ether oxygens (including phenoxy) is 1. The van der Waals surface area contributed by atoms with Crippen molar-refractivity contribution in [3.63, 3.8) is 0 Å². The molecule has 7 heteroatoms. The number of carbonyl (C=O) groups excluding carboxylic acids is 2. The van der Waals surface area contributed by atoms with Gasteiger partial charge in [-0.25, -0.2) is 0 Å². The van der Waals surface area contributed by atoms with Crippen LogP contribution in [0.5, 0.6) is 5.75 Å². The third kappa shape index (κ3) is 3.84. The zero-order valence-electron chi connectivity index (χ0n) is 16.7. The smallest absolute Gasteiger partial charge is 0.254 e. The van der Waals surface area contributed by atoms with Crippen LogP contribution in [0.2, 0.25) is 0 Å². The molecular formula is C23H23N3O4. The zero-order valence-corrected chi connectivity index (χ0v) is 16.7. The van der Waals surface area contributed by atoms with E-state index < -0.39 is 0 Å². The fourth-order valence-corrected chi connectivity index (χ4v) is 3.76. The first-order chi connectivity index (χ1) is 14.6. The zero-order chi connectivity index (χ0) is 21.1. The number of Topliss-reactive ketones (excluding diaryl/α,β-unsaturated/α-hetero) is 1. The van der Waals surface area contributed by atoms with Gasteiger partial charge in [-0.05, 0) is 23.3 Å². The largest absolute Gasteiger partial charge is 0.491 e. The van der Waals surface area contributed by atoms with Gasteiger partial charge in [0.25, 0.3) is 5.91 Å². The Bertz CT molecular complexity index is 1080. The van der Waals surface area contributed by atoms with E-state index in [9.17, 15) is 9.59 Å². The van der Waals surface area contributed by atoms with Gasteiger partial charge in [0.15, 0.2) is 5.78 Å². The summed E-state index contributed by atoms with van der Waals surface area (Å²) in [5.41, 5.74) is 3.52. The summed E-state index contributed by atoms with van der Waals surface area (Å²) in [6.07, 6.45) is 3.53. The minimum atomic E-state index is -0.287. The quantitative estimate of drug-likeness (QED) is 0.588. The Kier molecular flexibility index (Phi) is 5.63. The highest BCUT2D eigenvalue weighted by Crippen LogP contribution is 2.41. The molecule has 3 aromatic rings. The predicted molar refractivity (Wildman–Crippen MR) is 111 cm³/mol. The number of benzene rings is 2. The monoisotopic (exact) mass is 405 g/mol. The van der Waals surface area contributed by atoms with Crippen LogP contribution in [0.1, 0.15) is 43.3 Å². The average molecular weight is 405 g/mol. The molecule has 0 spiro atoms. The summed E-state index contributed by atoms with van der Waals surface area (Å²) in [4.78, 5) is 25.5. The Morgan fingerprint density at radius 1 is 1.27 bits per heavy atom. The van der Waals surface area contributed by atoms with Crippen molar-refractivity contribution in [2.45, 2.75) is 18.9 Å². The maximum absolute atomic E-state index is 13.0. The minimum Gasteiger partial charge on any atom is -0.491 e. The number of aliphatic hydroxyl groups excluding tert-OH is 1. The lowest BCUT2D eigenvalue weighted by Gasteiger charge is -2.12. The molecule has 1 amide bonds. The number of hydrogen-bond donors (Lipinski definition) is 2. The number of aliphatic hydroxyl groups is 1. The van der Waals surface area contributed by atoms with E-state index in [4.69, 9.17) is 9.84 Å². The van der Waals surface area contributed by atoms with Gasteiger partial charge in [0.05, 0.1) is 31.5 Å². The molecular weight excluding hydrogens is 382 g/mol. The molecule has 0 saturated carbocycles. The number of hydrogen-bond acceptors (Lipinski definition) is 5. The Morgan fingerprint density at radius 2 is 2.07 bits per heavy atom. The molecule has 2 heterocycles. The third-order valence-electron chi connectivity index (χ3n) is 5.26. The molecule has 0 aliphatic carbocycles. The van der Waals surface area contributed by atoms with Crippen molar-refractivity contribution in [1.29, 1.82) is 0 Å². The maximum Gasteiger partial charge on any atom is 0.254 e. The molecule has 1 aliphatic rings. The molecule has 0 bridgehead atoms. The van der Waals surface area contributed by atoms with E-state index in [0.29, 0.717) is 30.0 Å². The lowest BCUT2D eigenvalue weighted by molar-refractivity contribution is 0.0960. The summed E-state index contributed by atoms with van der Waals surface area (Å²) in [6, 6.07) is 13.4. The van der Waals surface area contributed by atoms with Gasteiger partial charge in [0, 0.05) is 36.7 Å². The molecule has 7 nitrogen and oxygen atoms in total. The Labute approximate surface area is 174 Å². The molecule has 0 unspecified atom stereocenters. The molecule has 2 aromatic carbocycles. The molecule has 2 N–H and O–H groups in total. The van der Waals surface area contributed by atoms with E-state index in [0.717, 1.165) is 16.7 Å². The molecule has 1 atom stereocenters. The molecule has 1 aliphatic heterocycles. The first kappa shape index (κ1) is 19.8. The topological polar surface area (TPSA) is 93.5 Å². The van der Waals surface area contributed by atoms with Gasteiger partial charge in [0.2, 0.25) is 0 Å². The SMILES string of the molecule is CNC(=O)c1cc(C(=O)Cc2cnn(CCO)c2)cc2c1OC[C@H]2c1ccccc1. The molecule has 1 aromatic heterocycles. The van der Waals surface area contributed by atoms with Gasteiger partial charge in [-0.1, -0.05) is 30.3 Å². The molecule has 154 valence electrons. The predicted octanol–water partition coefficient (Wildman–Crippen LogP) is 2.18. The van der Waals surface area contributed by atoms with Crippen LogP contribution in [0.3, 0.4) is 0 Å². The fraction of sp³-hybridized carbons (Fsp3) is 0.261. The van der Waals surface area contributed by atoms with E-state index in [2.05, 4.69) is 10.4 Å². The van der Waals surface area contributed by atoms with Gasteiger partial charge < -0.3 is 15.2 Å². The number of nitrogens with zero attached hydrogens (tertiary/aromatic N) is 2. The molecule has 30 heavy (non-hydrogen) atoms. The van der Waals surface area contributed by atoms with Crippen molar-refractivity contribution in [2.75, 3.05) is 20.3 Å². The summed E-state index contributed by atoms with van der Waals surface area (Å²) < 4.78 is 7.49. The van der Waals surface area contributed by atoms with Gasteiger partial charge >= 0.3 is 0 Å². The van der Waals surface area contributed by atoms with E-state index >= 15 is 0 Å². The first-order valence-electron chi connectivity index (χ1n) is 9.84. The number of amides is 1. The summed E-state index contributed by atoms with van der Waals surface area (Å²) in [7, 11) is 1.56. The number of ketones is 1. The van der Waals surface area contributed by atoms with Crippen LogP contribution in [0.4, 0.5) is 0 Å². The van der Waals surface area contributed by atoms with Gasteiger partial charge in [-0.15, -0.1) is 0 Å². The van der Waals surface area contributed by atoms with Gasteiger partial charge in [0.1, 0.15) is 5.75 Å². The van der Waals surface area contributed by atoms with E-state index in [1.807, 2.05) is 36.4 Å². The lowest BCUT2D eigenvalue weighted by atomic mass is 9.89. The highest BCUT2D eigenvalue weighted by molar-refractivity contribution is 6.03. The van der Waals surface area contributed by atoms with Crippen molar-refractivity contribution in [3.8, 4) is 5.75 Å². The Hall–Kier alpha value is -3.45. The second-order valence-electron chi connectivity index (χ2n) is 7.23. The minimum absolute atomic E-state index is 0.0176. The van der Waals surface area contributed by atoms with E-state index in [1.165, 1.54) is 0 Å². The molecule has 4 rings (SSSR count). The maximum atomic E-state index is 13.0. The number of carbonyl (C=O) groups is 2. The average Bonchev–Trinajstić information content (AvgIpc) is 3.40. The number of rotatable bonds is 7. The lowest BCUT2D eigenvalue weighted by Crippen LogP contribution is -2.19. The first-order valence-corrected chi connectivity index (χ1v) is 9.84. The molecule has 0 fully saturated rings. The number of aromatic nitrogens is 2. The molecule has 0 radical (unpaired) electrons. The number of nitrogens with one attached hydrogen (secondary N) is 1. The van der Waals surface area contributed by atoms with Crippen LogP contribution in [-0.2, 0) is 13.0 Å². The summed E-state index contributed by atoms with van der Waals surface area (Å²) in [5, 5.41) is 15.8. The third-order valence-corrected chi connectivity index (χ3v) is 5.26. The van der Waals surface area contributed by atoms with Crippen LogP contribution in [0.15, 0.2) is 54.9 Å². The summed E-state index contributed by atoms with van der Waals surface area (Å²) in [5.74, 6) is 0.107. The van der Waals surface area contributed by atoms with Crippen LogP contribution >= 0.6 is 0 Å². The highest BCUT2D eigenvalue weighted by atomic mass is 16.5. The van der Waals surface area contributed by atoms with Crippen molar-refractivity contribution >= 4 is 11.7 Å². The Morgan fingerprint density at radius 3 is 2.80 bits per heavy atom. The Balaban J connectivity index is 1.69. The van der Waals surface area contributed by atoms with Crippen LogP contribution < -0.4 is 10.1 Å². The highest BCUT2D eigenvalue weighted by Gasteiger charge is 2.31. The summed E-state index contributed by atoms with van der Waals surface area (Å²) >= 11 is 0. The standard InChI is InChI=1S/C23H23N3O4/c1-24-23(29)19-11-17(21(28)9-15-12-25-26(13-15)7-8-27)10-18-20(14-30-22(18)19)16-5-3-2-4-6-16/h2-6,10-13,20,27H,7-9,14H2,1H3,(H,24,29)/t20-/m0/s1. The van der Waals surface area contributed by atoms with Gasteiger partial charge in [-0.2, -0.15) is 5.10 Å². The second kappa shape index (κ2) is 8.51. The number of fused-ring (bicyclic) bond motifs is 1. The van der Waals surface area contributed by atoms with Crippen LogP contribution in [-0.4, -0.2) is 46.8 Å². The van der Waals surface area contributed by atoms with Crippen LogP contribution in [0, 0.1) is 0 Å². The van der Waals surface area contributed by atoms with Crippen LogP contribution in [0.25, 0.3) is 0 Å². The van der Waals surface area contributed by atoms with E-state index in [1.54, 1.807) is 30.2 Å². The fourth-order valence-electron chi connectivity index (χ4n) is 3.76. The molecule has 0 saturated heterocycles. The van der Waals surface area contributed by atoms with Gasteiger partial charge in [-0.3, -0.25) is 14.3 Å². The van der Waals surface area contributed by atoms with E-state index in [-0.39, 0.29) is 30.6 Å². The normalized spacial score (nSPS) is 14.8. The summed E-state index contributed by atoms with van der Waals surface area (Å²) in [6.45, 7) is 0.787. The van der Waals surface area contributed by atoms with Crippen molar-refractivity contribution in [1.82, 2.24) is 15.1 Å². The second-order valence-corrected chi connectivity index (χ2v) is 7.23. The van der Waals surface area contributed by atoms with Crippen molar-refractivity contribution < 1.29 is 19.4 Å². The van der Waals surface area contributed by atoms with Crippen molar-refractivity contribution in [3.05, 3.63) is 82.7 Å². The van der Waals surface area contributed by atoms with Crippen molar-refractivity contribution in [2.24, 2.45) is 0 Å².